The zero-order valence-electron chi connectivity index (χ0n) is 11.9. The van der Waals surface area contributed by atoms with Crippen LogP contribution >= 0.6 is 0 Å². The van der Waals surface area contributed by atoms with Crippen molar-refractivity contribution in [3.63, 3.8) is 0 Å². The molecule has 0 radical (unpaired) electrons. The lowest BCUT2D eigenvalue weighted by molar-refractivity contribution is 0.0951. The first kappa shape index (κ1) is 12.9. The molecule has 2 aliphatic rings. The minimum atomic E-state index is 0.499. The maximum Gasteiger partial charge on any atom is 0.118 e. The summed E-state index contributed by atoms with van der Waals surface area (Å²) in [6.45, 7) is 4.62. The molecule has 0 unspecified atom stereocenters. The Morgan fingerprint density at radius 3 is 2.79 bits per heavy atom. The van der Waals surface area contributed by atoms with Crippen LogP contribution in [0.4, 0.5) is 0 Å². The van der Waals surface area contributed by atoms with Crippen molar-refractivity contribution in [3.8, 4) is 5.75 Å². The Bertz CT molecular complexity index is 417. The normalized spacial score (nSPS) is 28.9. The van der Waals surface area contributed by atoms with Gasteiger partial charge in [0.15, 0.2) is 0 Å². The number of hydrogen-bond acceptors (Lipinski definition) is 3. The van der Waals surface area contributed by atoms with Gasteiger partial charge in [-0.1, -0.05) is 18.6 Å². The fourth-order valence-electron chi connectivity index (χ4n) is 3.68. The summed E-state index contributed by atoms with van der Waals surface area (Å²) in [6.07, 6.45) is 4.06. The Kier molecular flexibility index (Phi) is 3.76. The summed E-state index contributed by atoms with van der Waals surface area (Å²) in [5.74, 6) is 0.940. The van der Waals surface area contributed by atoms with Gasteiger partial charge in [0.25, 0.3) is 0 Å². The van der Waals surface area contributed by atoms with Crippen LogP contribution in [0.5, 0.6) is 5.75 Å². The molecule has 19 heavy (non-hydrogen) atoms. The predicted octanol–water partition coefficient (Wildman–Crippen LogP) is 2.58. The Hall–Kier alpha value is -1.06. The molecule has 1 heterocycles. The molecule has 3 heteroatoms. The van der Waals surface area contributed by atoms with Gasteiger partial charge in [-0.2, -0.15) is 0 Å². The predicted molar refractivity (Wildman–Crippen MR) is 77.5 cm³/mol. The van der Waals surface area contributed by atoms with E-state index in [1.807, 2.05) is 0 Å². The van der Waals surface area contributed by atoms with Crippen LogP contribution in [0.15, 0.2) is 24.3 Å². The second-order valence-corrected chi connectivity index (χ2v) is 5.75. The zero-order valence-corrected chi connectivity index (χ0v) is 11.9. The van der Waals surface area contributed by atoms with Crippen molar-refractivity contribution in [2.45, 2.75) is 44.3 Å². The van der Waals surface area contributed by atoms with Gasteiger partial charge in [-0.05, 0) is 37.5 Å². The van der Waals surface area contributed by atoms with E-state index in [-0.39, 0.29) is 0 Å². The second-order valence-electron chi connectivity index (χ2n) is 5.75. The summed E-state index contributed by atoms with van der Waals surface area (Å²) in [4.78, 5) is 2.69. The lowest BCUT2D eigenvalue weighted by Gasteiger charge is -2.42. The minimum Gasteiger partial charge on any atom is -0.497 e. The molecular formula is C16H24N2O. The summed E-state index contributed by atoms with van der Waals surface area (Å²) in [6, 6.07) is 10.5. The highest BCUT2D eigenvalue weighted by molar-refractivity contribution is 5.29. The minimum absolute atomic E-state index is 0.499. The quantitative estimate of drug-likeness (QED) is 0.904. The standard InChI is InChI=1S/C16H24N2O/c1-12(13-6-8-14(19-2)9-7-13)18-11-10-17-15-4-3-5-16(15)18/h6-9,12,15-17H,3-5,10-11H2,1-2H3/t12-,15-,16+/m0/s1. The van der Waals surface area contributed by atoms with Gasteiger partial charge in [-0.25, -0.2) is 0 Å². The SMILES string of the molecule is COc1ccc([C@H](C)N2CCN[C@H]3CCC[C@H]32)cc1. The molecule has 3 nitrogen and oxygen atoms in total. The van der Waals surface area contributed by atoms with Gasteiger partial charge >= 0.3 is 0 Å². The van der Waals surface area contributed by atoms with Crippen molar-refractivity contribution in [2.24, 2.45) is 0 Å². The number of hydrogen-bond donors (Lipinski definition) is 1. The zero-order chi connectivity index (χ0) is 13.2. The van der Waals surface area contributed by atoms with E-state index in [0.717, 1.165) is 30.9 Å². The van der Waals surface area contributed by atoms with Gasteiger partial charge in [-0.15, -0.1) is 0 Å². The highest BCUT2D eigenvalue weighted by Crippen LogP contribution is 2.33. The van der Waals surface area contributed by atoms with E-state index in [9.17, 15) is 0 Å². The fourth-order valence-corrected chi connectivity index (χ4v) is 3.68. The average molecular weight is 260 g/mol. The second kappa shape index (κ2) is 5.51. The maximum absolute atomic E-state index is 5.24. The lowest BCUT2D eigenvalue weighted by atomic mass is 10.0. The molecular weight excluding hydrogens is 236 g/mol. The fraction of sp³-hybridized carbons (Fsp3) is 0.625. The molecule has 1 aliphatic heterocycles. The van der Waals surface area contributed by atoms with Crippen molar-refractivity contribution in [1.82, 2.24) is 10.2 Å². The molecule has 1 saturated heterocycles. The third kappa shape index (κ3) is 2.49. The van der Waals surface area contributed by atoms with Crippen LogP contribution in [-0.4, -0.2) is 37.2 Å². The van der Waals surface area contributed by atoms with Gasteiger partial charge in [-0.3, -0.25) is 4.90 Å². The number of nitrogens with one attached hydrogen (secondary N) is 1. The lowest BCUT2D eigenvalue weighted by Crippen LogP contribution is -2.55. The number of piperazine rings is 1. The van der Waals surface area contributed by atoms with Crippen LogP contribution in [0.25, 0.3) is 0 Å². The van der Waals surface area contributed by atoms with E-state index >= 15 is 0 Å². The maximum atomic E-state index is 5.24. The van der Waals surface area contributed by atoms with E-state index in [0.29, 0.717) is 6.04 Å². The molecule has 0 spiro atoms. The van der Waals surface area contributed by atoms with Crippen LogP contribution in [0, 0.1) is 0 Å². The van der Waals surface area contributed by atoms with E-state index in [1.54, 1.807) is 7.11 Å². The average Bonchev–Trinajstić information content (AvgIpc) is 2.95. The van der Waals surface area contributed by atoms with Crippen molar-refractivity contribution < 1.29 is 4.74 Å². The van der Waals surface area contributed by atoms with Crippen LogP contribution in [-0.2, 0) is 0 Å². The molecule has 0 amide bonds. The molecule has 1 aromatic carbocycles. The van der Waals surface area contributed by atoms with Crippen molar-refractivity contribution in [3.05, 3.63) is 29.8 Å². The Morgan fingerprint density at radius 1 is 1.26 bits per heavy atom. The molecule has 3 atom stereocenters. The number of methoxy groups -OCH3 is 1. The molecule has 104 valence electrons. The molecule has 1 N–H and O–H groups in total. The molecule has 0 bridgehead atoms. The molecule has 0 aromatic heterocycles. The van der Waals surface area contributed by atoms with Crippen molar-refractivity contribution >= 4 is 0 Å². The van der Waals surface area contributed by atoms with E-state index in [4.69, 9.17) is 4.74 Å². The monoisotopic (exact) mass is 260 g/mol. The first-order chi connectivity index (χ1) is 9.29. The first-order valence-electron chi connectivity index (χ1n) is 7.42. The molecule has 3 rings (SSSR count). The van der Waals surface area contributed by atoms with Gasteiger partial charge in [0.1, 0.15) is 5.75 Å². The third-order valence-corrected chi connectivity index (χ3v) is 4.78. The molecule has 1 aromatic rings. The summed E-state index contributed by atoms with van der Waals surface area (Å²) in [7, 11) is 1.72. The molecule has 1 saturated carbocycles. The van der Waals surface area contributed by atoms with Crippen molar-refractivity contribution in [1.29, 1.82) is 0 Å². The summed E-state index contributed by atoms with van der Waals surface area (Å²) in [5.41, 5.74) is 1.40. The van der Waals surface area contributed by atoms with E-state index in [2.05, 4.69) is 41.4 Å². The smallest absolute Gasteiger partial charge is 0.118 e. The third-order valence-electron chi connectivity index (χ3n) is 4.78. The van der Waals surface area contributed by atoms with Gasteiger partial charge in [0, 0.05) is 31.2 Å². The van der Waals surface area contributed by atoms with Gasteiger partial charge in [0.2, 0.25) is 0 Å². The van der Waals surface area contributed by atoms with Crippen LogP contribution in [0.2, 0.25) is 0 Å². The van der Waals surface area contributed by atoms with Crippen LogP contribution in [0.1, 0.15) is 37.8 Å². The number of ether oxygens (including phenoxy) is 1. The van der Waals surface area contributed by atoms with E-state index in [1.165, 1.54) is 24.8 Å². The summed E-state index contributed by atoms with van der Waals surface area (Å²) < 4.78 is 5.24. The van der Waals surface area contributed by atoms with E-state index < -0.39 is 0 Å². The highest BCUT2D eigenvalue weighted by atomic mass is 16.5. The highest BCUT2D eigenvalue weighted by Gasteiger charge is 2.37. The largest absolute Gasteiger partial charge is 0.497 e. The number of fused-ring (bicyclic) bond motifs is 1. The Balaban J connectivity index is 1.76. The first-order valence-corrected chi connectivity index (χ1v) is 7.42. The topological polar surface area (TPSA) is 24.5 Å². The summed E-state index contributed by atoms with van der Waals surface area (Å²) in [5, 5.41) is 3.67. The van der Waals surface area contributed by atoms with Crippen molar-refractivity contribution in [2.75, 3.05) is 20.2 Å². The molecule has 2 fully saturated rings. The van der Waals surface area contributed by atoms with Crippen LogP contribution in [0.3, 0.4) is 0 Å². The van der Waals surface area contributed by atoms with Gasteiger partial charge in [0.05, 0.1) is 7.11 Å². The van der Waals surface area contributed by atoms with Crippen LogP contribution < -0.4 is 10.1 Å². The van der Waals surface area contributed by atoms with Gasteiger partial charge < -0.3 is 10.1 Å². The number of rotatable bonds is 3. The molecule has 1 aliphatic carbocycles. The number of benzene rings is 1. The Morgan fingerprint density at radius 2 is 2.05 bits per heavy atom. The Labute approximate surface area is 115 Å². The number of nitrogens with zero attached hydrogens (tertiary/aromatic N) is 1. The summed E-state index contributed by atoms with van der Waals surface area (Å²) >= 11 is 0.